The summed E-state index contributed by atoms with van der Waals surface area (Å²) in [6.45, 7) is 3.19. The summed E-state index contributed by atoms with van der Waals surface area (Å²) < 4.78 is 25.8. The zero-order chi connectivity index (χ0) is 24.9. The summed E-state index contributed by atoms with van der Waals surface area (Å²) in [7, 11) is 1.43. The highest BCUT2D eigenvalue weighted by Crippen LogP contribution is 2.53. The van der Waals surface area contributed by atoms with Crippen molar-refractivity contribution < 1.29 is 42.9 Å². The number of rotatable bonds is 9. The fraction of sp³-hybridized carbons (Fsp3) is 0.391. The predicted octanol–water partition coefficient (Wildman–Crippen LogP) is 1.04. The number of methoxy groups -OCH3 is 1. The van der Waals surface area contributed by atoms with Crippen LogP contribution in [0.1, 0.15) is 25.8 Å². The Labute approximate surface area is 195 Å². The van der Waals surface area contributed by atoms with E-state index in [-0.39, 0.29) is 54.7 Å². The Bertz CT molecular complexity index is 1080. The van der Waals surface area contributed by atoms with E-state index in [1.807, 2.05) is 0 Å². The smallest absolute Gasteiger partial charge is 0.339 e. The quantitative estimate of drug-likeness (QED) is 0.300. The number of anilines is 1. The first-order valence-electron chi connectivity index (χ1n) is 10.6. The van der Waals surface area contributed by atoms with Gasteiger partial charge in [-0.2, -0.15) is 0 Å². The van der Waals surface area contributed by atoms with Crippen molar-refractivity contribution in [3.05, 3.63) is 52.6 Å². The number of hydrogen-bond acceptors (Lipinski definition) is 11. The fourth-order valence-corrected chi connectivity index (χ4v) is 3.98. The Balaban J connectivity index is 2.29. The molecule has 2 heterocycles. The molecule has 0 aromatic heterocycles. The molecule has 0 saturated carbocycles. The standard InChI is InChI=1S/C23H26N2O9/c1-4-31-16(26)12-15-17(20(27)32-5-2)23(22(29)34-15)13-8-6-7-9-14(13)25-19(24)18(23)21(28)33-11-10-30-3/h6-9,25H,4-5,10-12,24H2,1-3H3. The molecular formula is C23H26N2O9. The molecule has 0 aliphatic carbocycles. The Kier molecular flexibility index (Phi) is 7.57. The van der Waals surface area contributed by atoms with Gasteiger partial charge in [-0.05, 0) is 19.9 Å². The monoisotopic (exact) mass is 474 g/mol. The maximum absolute atomic E-state index is 13.6. The average Bonchev–Trinajstić information content (AvgIpc) is 3.06. The lowest BCUT2D eigenvalue weighted by molar-refractivity contribution is -0.149. The topological polar surface area (TPSA) is 152 Å². The number of para-hydroxylation sites is 1. The molecule has 0 bridgehead atoms. The molecule has 2 aliphatic rings. The molecule has 1 spiro atoms. The first-order chi connectivity index (χ1) is 16.3. The van der Waals surface area contributed by atoms with Crippen LogP contribution in [0.2, 0.25) is 0 Å². The number of ether oxygens (including phenoxy) is 5. The molecule has 11 nitrogen and oxygen atoms in total. The second kappa shape index (κ2) is 10.4. The minimum atomic E-state index is -2.12. The van der Waals surface area contributed by atoms with Gasteiger partial charge in [0.15, 0.2) is 5.41 Å². The summed E-state index contributed by atoms with van der Waals surface area (Å²) in [6.07, 6.45) is -0.531. The van der Waals surface area contributed by atoms with Gasteiger partial charge in [-0.25, -0.2) is 14.4 Å². The van der Waals surface area contributed by atoms with Crippen LogP contribution in [-0.2, 0) is 48.3 Å². The predicted molar refractivity (Wildman–Crippen MR) is 117 cm³/mol. The van der Waals surface area contributed by atoms with Gasteiger partial charge in [0.2, 0.25) is 0 Å². The molecule has 2 aliphatic heterocycles. The molecule has 1 atom stereocenters. The van der Waals surface area contributed by atoms with Crippen LogP contribution in [0.3, 0.4) is 0 Å². The van der Waals surface area contributed by atoms with Crippen molar-refractivity contribution >= 4 is 29.6 Å². The van der Waals surface area contributed by atoms with Gasteiger partial charge in [-0.3, -0.25) is 4.79 Å². The third-order valence-corrected chi connectivity index (χ3v) is 5.24. The van der Waals surface area contributed by atoms with Crippen LogP contribution >= 0.6 is 0 Å². The molecule has 1 aromatic carbocycles. The van der Waals surface area contributed by atoms with E-state index >= 15 is 0 Å². The maximum atomic E-state index is 13.6. The van der Waals surface area contributed by atoms with E-state index in [1.165, 1.54) is 7.11 Å². The molecule has 0 radical (unpaired) electrons. The molecule has 182 valence electrons. The summed E-state index contributed by atoms with van der Waals surface area (Å²) in [5.74, 6) is -4.13. The van der Waals surface area contributed by atoms with E-state index in [0.29, 0.717) is 5.69 Å². The lowest BCUT2D eigenvalue weighted by Crippen LogP contribution is -2.48. The first-order valence-corrected chi connectivity index (χ1v) is 10.6. The summed E-state index contributed by atoms with van der Waals surface area (Å²) in [5.41, 5.74) is 3.99. The highest BCUT2D eigenvalue weighted by molar-refractivity contribution is 6.16. The van der Waals surface area contributed by atoms with E-state index in [4.69, 9.17) is 29.4 Å². The van der Waals surface area contributed by atoms with Crippen molar-refractivity contribution in [1.82, 2.24) is 0 Å². The molecule has 34 heavy (non-hydrogen) atoms. The van der Waals surface area contributed by atoms with Crippen LogP contribution in [0.25, 0.3) is 0 Å². The number of hydrogen-bond donors (Lipinski definition) is 2. The zero-order valence-corrected chi connectivity index (χ0v) is 19.1. The number of cyclic esters (lactones) is 1. The highest BCUT2D eigenvalue weighted by atomic mass is 16.6. The number of fused-ring (bicyclic) bond motifs is 2. The van der Waals surface area contributed by atoms with Gasteiger partial charge in [0.05, 0.1) is 19.8 Å². The summed E-state index contributed by atoms with van der Waals surface area (Å²) >= 11 is 0. The molecule has 0 fully saturated rings. The van der Waals surface area contributed by atoms with E-state index in [2.05, 4.69) is 5.32 Å². The zero-order valence-electron chi connectivity index (χ0n) is 19.1. The van der Waals surface area contributed by atoms with Crippen LogP contribution in [0, 0.1) is 0 Å². The van der Waals surface area contributed by atoms with Crippen molar-refractivity contribution in [3.8, 4) is 0 Å². The Hall–Kier alpha value is -3.86. The number of benzene rings is 1. The second-order valence-electron chi connectivity index (χ2n) is 7.23. The number of carbonyl (C=O) groups is 4. The van der Waals surface area contributed by atoms with Gasteiger partial charge in [0, 0.05) is 18.4 Å². The molecule has 1 unspecified atom stereocenters. The van der Waals surface area contributed by atoms with Gasteiger partial charge < -0.3 is 34.7 Å². The van der Waals surface area contributed by atoms with E-state index in [9.17, 15) is 19.2 Å². The number of esters is 4. The SMILES string of the molecule is CCOC(=O)CC1=C(C(=O)OCC)C2(C(=O)O1)C(C(=O)OCCOC)=C(N)Nc1ccccc12. The largest absolute Gasteiger partial charge is 0.466 e. The molecular weight excluding hydrogens is 448 g/mol. The van der Waals surface area contributed by atoms with E-state index in [1.54, 1.807) is 38.1 Å². The minimum absolute atomic E-state index is 0.0357. The number of nitrogens with two attached hydrogens (primary N) is 1. The first kappa shape index (κ1) is 24.8. The molecule has 1 aromatic rings. The molecule has 11 heteroatoms. The van der Waals surface area contributed by atoms with Gasteiger partial charge in [0.1, 0.15) is 35.8 Å². The number of nitrogens with one attached hydrogen (secondary N) is 1. The normalized spacial score (nSPS) is 18.9. The van der Waals surface area contributed by atoms with Crippen LogP contribution in [0.4, 0.5) is 5.69 Å². The molecule has 0 saturated heterocycles. The van der Waals surface area contributed by atoms with Gasteiger partial charge in [-0.1, -0.05) is 18.2 Å². The fourth-order valence-electron chi connectivity index (χ4n) is 3.98. The van der Waals surface area contributed by atoms with E-state index < -0.39 is 35.7 Å². The Morgan fingerprint density at radius 3 is 2.35 bits per heavy atom. The van der Waals surface area contributed by atoms with Crippen LogP contribution < -0.4 is 11.1 Å². The van der Waals surface area contributed by atoms with Gasteiger partial charge in [-0.15, -0.1) is 0 Å². The third kappa shape index (κ3) is 4.21. The minimum Gasteiger partial charge on any atom is -0.466 e. The summed E-state index contributed by atoms with van der Waals surface area (Å²) in [6, 6.07) is 6.47. The maximum Gasteiger partial charge on any atom is 0.339 e. The lowest BCUT2D eigenvalue weighted by atomic mass is 9.66. The van der Waals surface area contributed by atoms with Gasteiger partial charge >= 0.3 is 23.9 Å². The van der Waals surface area contributed by atoms with Crippen LogP contribution in [0.5, 0.6) is 0 Å². The van der Waals surface area contributed by atoms with E-state index in [0.717, 1.165) is 0 Å². The molecule has 0 amide bonds. The van der Waals surface area contributed by atoms with Crippen molar-refractivity contribution in [2.45, 2.75) is 25.7 Å². The Morgan fingerprint density at radius 2 is 1.68 bits per heavy atom. The second-order valence-corrected chi connectivity index (χ2v) is 7.23. The third-order valence-electron chi connectivity index (χ3n) is 5.24. The number of carbonyl (C=O) groups excluding carboxylic acids is 4. The van der Waals surface area contributed by atoms with Crippen molar-refractivity contribution in [2.24, 2.45) is 5.73 Å². The summed E-state index contributed by atoms with van der Waals surface area (Å²) in [4.78, 5) is 52.3. The van der Waals surface area contributed by atoms with Crippen molar-refractivity contribution in [1.29, 1.82) is 0 Å². The van der Waals surface area contributed by atoms with Crippen molar-refractivity contribution in [2.75, 3.05) is 38.9 Å². The van der Waals surface area contributed by atoms with Gasteiger partial charge in [0.25, 0.3) is 0 Å². The Morgan fingerprint density at radius 1 is 1.00 bits per heavy atom. The summed E-state index contributed by atoms with van der Waals surface area (Å²) in [5, 5.41) is 2.87. The van der Waals surface area contributed by atoms with Crippen molar-refractivity contribution in [3.63, 3.8) is 0 Å². The lowest BCUT2D eigenvalue weighted by Gasteiger charge is -2.35. The average molecular weight is 474 g/mol. The van der Waals surface area contributed by atoms with Crippen LogP contribution in [-0.4, -0.2) is 57.4 Å². The molecule has 3 N–H and O–H groups in total. The van der Waals surface area contributed by atoms with Crippen LogP contribution in [0.15, 0.2) is 47.0 Å². The molecule has 3 rings (SSSR count). The highest BCUT2D eigenvalue weighted by Gasteiger charge is 2.63.